The molecule has 0 aliphatic carbocycles. The van der Waals surface area contributed by atoms with Crippen molar-refractivity contribution in [2.75, 3.05) is 0 Å². The first-order chi connectivity index (χ1) is 9.65. The van der Waals surface area contributed by atoms with Gasteiger partial charge in [0.2, 0.25) is 9.04 Å². The summed E-state index contributed by atoms with van der Waals surface area (Å²) in [5.41, 5.74) is 2.61. The lowest BCUT2D eigenvalue weighted by molar-refractivity contribution is -0.713. The van der Waals surface area contributed by atoms with Crippen LogP contribution in [0.2, 0.25) is 12.6 Å². The molecule has 2 aromatic rings. The number of aryl methyl sites for hydroxylation is 2. The van der Waals surface area contributed by atoms with E-state index < -0.39 is 9.04 Å². The summed E-state index contributed by atoms with van der Waals surface area (Å²) in [6, 6.07) is 11.5. The fourth-order valence-electron chi connectivity index (χ4n) is 1.84. The number of hydrogen-bond donors (Lipinski definition) is 1. The van der Waals surface area contributed by atoms with Gasteiger partial charge in [0.25, 0.3) is 0 Å². The Bertz CT molecular complexity index is 546. The summed E-state index contributed by atoms with van der Waals surface area (Å²) in [4.78, 5) is 13.8. The smallest absolute Gasteiger partial charge is 0.359 e. The molecule has 1 aromatic carbocycles. The summed E-state index contributed by atoms with van der Waals surface area (Å²) in [5, 5.41) is 1.02. The van der Waals surface area contributed by atoms with E-state index in [1.54, 1.807) is 11.8 Å². The van der Waals surface area contributed by atoms with Crippen LogP contribution in [0.4, 0.5) is 0 Å². The van der Waals surface area contributed by atoms with Crippen LogP contribution in [-0.4, -0.2) is 18.8 Å². The van der Waals surface area contributed by atoms with Gasteiger partial charge < -0.3 is 4.80 Å². The molecule has 5 heteroatoms. The summed E-state index contributed by atoms with van der Waals surface area (Å²) in [5.74, 6) is 0.925. The highest BCUT2D eigenvalue weighted by Crippen LogP contribution is 2.18. The predicted octanol–water partition coefficient (Wildman–Crippen LogP) is 2.35. The van der Waals surface area contributed by atoms with Gasteiger partial charge in [-0.25, -0.2) is 4.57 Å². The third-order valence-electron chi connectivity index (χ3n) is 3.05. The number of rotatable bonds is 6. The highest BCUT2D eigenvalue weighted by molar-refractivity contribution is 7.98. The van der Waals surface area contributed by atoms with E-state index in [0.29, 0.717) is 0 Å². The number of thioether (sulfide) groups is 1. The van der Waals surface area contributed by atoms with Crippen LogP contribution >= 0.6 is 11.8 Å². The molecule has 0 amide bonds. The molecule has 0 fully saturated rings. The summed E-state index contributed by atoms with van der Waals surface area (Å²) >= 11 is 1.74. The molecular formula is C15H20N2OSSi+. The topological polar surface area (TPSA) is 37.0 Å². The number of aromatic nitrogens is 2. The van der Waals surface area contributed by atoms with Crippen LogP contribution in [0.25, 0.3) is 0 Å². The first-order valence-electron chi connectivity index (χ1n) is 6.68. The van der Waals surface area contributed by atoms with Gasteiger partial charge in [-0.15, -0.1) is 0 Å². The van der Waals surface area contributed by atoms with Crippen LogP contribution < -0.4 is 4.57 Å². The first-order valence-corrected chi connectivity index (χ1v) is 9.82. The summed E-state index contributed by atoms with van der Waals surface area (Å²) in [6.07, 6.45) is 4.81. The maximum Gasteiger partial charge on any atom is 0.359 e. The summed E-state index contributed by atoms with van der Waals surface area (Å²) in [7, 11) is 0.903. The van der Waals surface area contributed by atoms with Crippen LogP contribution in [0.1, 0.15) is 11.1 Å². The minimum Gasteiger partial charge on any atom is -0.432 e. The van der Waals surface area contributed by atoms with E-state index in [1.807, 2.05) is 36.6 Å². The zero-order valence-electron chi connectivity index (χ0n) is 11.9. The van der Waals surface area contributed by atoms with Crippen molar-refractivity contribution >= 4 is 20.8 Å². The van der Waals surface area contributed by atoms with Crippen molar-refractivity contribution < 1.29 is 9.36 Å². The van der Waals surface area contributed by atoms with Crippen LogP contribution in [0.5, 0.6) is 0 Å². The lowest BCUT2D eigenvalue weighted by atomic mass is 10.1. The van der Waals surface area contributed by atoms with Gasteiger partial charge in [0.05, 0.1) is 13.2 Å². The molecule has 105 valence electrons. The zero-order chi connectivity index (χ0) is 14.4. The molecule has 0 aliphatic rings. The minimum absolute atomic E-state index is 0.919. The molecule has 0 unspecified atom stereocenters. The fourth-order valence-corrected chi connectivity index (χ4v) is 3.38. The third kappa shape index (κ3) is 4.74. The first kappa shape index (κ1) is 15.2. The molecule has 0 spiro atoms. The lowest BCUT2D eigenvalue weighted by Crippen LogP contribution is -2.31. The fraction of sp³-hybridized carbons (Fsp3) is 0.333. The van der Waals surface area contributed by atoms with Crippen LogP contribution in [0.15, 0.2) is 47.9 Å². The molecule has 3 nitrogen and oxygen atoms in total. The van der Waals surface area contributed by atoms with Crippen LogP contribution in [0, 0.1) is 0 Å². The second-order valence-electron chi connectivity index (χ2n) is 4.85. The van der Waals surface area contributed by atoms with E-state index in [9.17, 15) is 4.80 Å². The number of benzene rings is 1. The van der Waals surface area contributed by atoms with Gasteiger partial charge in [0, 0.05) is 11.8 Å². The molecular weight excluding hydrogens is 284 g/mol. The van der Waals surface area contributed by atoms with Crippen molar-refractivity contribution in [1.82, 2.24) is 4.98 Å². The molecule has 0 saturated heterocycles. The number of nitrogens with zero attached hydrogens (tertiary/aromatic N) is 2. The lowest BCUT2D eigenvalue weighted by Gasteiger charge is -2.04. The Morgan fingerprint density at radius 3 is 2.60 bits per heavy atom. The molecule has 1 heterocycles. The Morgan fingerprint density at radius 2 is 1.95 bits per heavy atom. The Morgan fingerprint density at radius 1 is 1.25 bits per heavy atom. The van der Waals surface area contributed by atoms with Crippen LogP contribution in [0.3, 0.4) is 0 Å². The molecule has 20 heavy (non-hydrogen) atoms. The molecule has 2 rings (SSSR count). The van der Waals surface area contributed by atoms with E-state index >= 15 is 0 Å². The van der Waals surface area contributed by atoms with Gasteiger partial charge in [0.1, 0.15) is 6.20 Å². The Hall–Kier alpha value is -1.17. The van der Waals surface area contributed by atoms with E-state index in [2.05, 4.69) is 29.2 Å². The Balaban J connectivity index is 1.89. The predicted molar refractivity (Wildman–Crippen MR) is 83.8 cm³/mol. The van der Waals surface area contributed by atoms with Crippen molar-refractivity contribution in [3.05, 3.63) is 53.9 Å². The Labute approximate surface area is 126 Å². The van der Waals surface area contributed by atoms with Crippen molar-refractivity contribution in [3.63, 3.8) is 0 Å². The molecule has 1 aromatic heterocycles. The van der Waals surface area contributed by atoms with Gasteiger partial charge in [0.15, 0.2) is 0 Å². The maximum atomic E-state index is 9.39. The van der Waals surface area contributed by atoms with E-state index in [0.717, 1.165) is 23.4 Å². The summed E-state index contributed by atoms with van der Waals surface area (Å²) in [6.45, 7) is 1.93. The minimum atomic E-state index is -1.11. The average molecular weight is 304 g/mol. The molecule has 1 N–H and O–H groups in total. The van der Waals surface area contributed by atoms with Crippen molar-refractivity contribution in [2.45, 2.75) is 29.9 Å². The van der Waals surface area contributed by atoms with Crippen LogP contribution in [-0.2, 0) is 19.2 Å². The van der Waals surface area contributed by atoms with E-state index in [4.69, 9.17) is 0 Å². The largest absolute Gasteiger partial charge is 0.432 e. The normalized spacial score (nSPS) is 11.0. The van der Waals surface area contributed by atoms with Gasteiger partial charge in [-0.2, -0.15) is 0 Å². The second-order valence-corrected chi connectivity index (χ2v) is 7.77. The molecule has 1 radical (unpaired) electrons. The molecule has 0 atom stereocenters. The molecule has 0 bridgehead atoms. The zero-order valence-corrected chi connectivity index (χ0v) is 13.7. The highest BCUT2D eigenvalue weighted by Gasteiger charge is 2.08. The monoisotopic (exact) mass is 304 g/mol. The molecule has 0 saturated carbocycles. The molecule has 0 aliphatic heterocycles. The SMILES string of the molecule is C[n+]1cccnc1SCc1ccc(CC[Si](C)O)cc1. The van der Waals surface area contributed by atoms with Crippen molar-refractivity contribution in [2.24, 2.45) is 7.05 Å². The number of hydrogen-bond acceptors (Lipinski definition) is 3. The Kier molecular flexibility index (Phi) is 5.76. The maximum absolute atomic E-state index is 9.39. The second kappa shape index (κ2) is 7.57. The van der Waals surface area contributed by atoms with Crippen molar-refractivity contribution in [1.29, 1.82) is 0 Å². The average Bonchev–Trinajstić information content (AvgIpc) is 2.45. The van der Waals surface area contributed by atoms with Crippen molar-refractivity contribution in [3.8, 4) is 0 Å². The van der Waals surface area contributed by atoms with Gasteiger partial charge in [-0.3, -0.25) is 0 Å². The standard InChI is InChI=1S/C15H20N2OSSi/c1-17-10-3-9-16-15(17)19-12-14-6-4-13(5-7-14)8-11-20(2)18/h3-7,9-10,18H,8,11-12H2,1-2H3/q+1. The van der Waals surface area contributed by atoms with Gasteiger partial charge >= 0.3 is 5.16 Å². The van der Waals surface area contributed by atoms with Gasteiger partial charge in [-0.1, -0.05) is 24.3 Å². The highest BCUT2D eigenvalue weighted by atomic mass is 32.2. The van der Waals surface area contributed by atoms with E-state index in [-0.39, 0.29) is 0 Å². The third-order valence-corrected chi connectivity index (χ3v) is 5.15. The van der Waals surface area contributed by atoms with Gasteiger partial charge in [-0.05, 0) is 46.9 Å². The summed E-state index contributed by atoms with van der Waals surface area (Å²) < 4.78 is 2.03. The van der Waals surface area contributed by atoms with E-state index in [1.165, 1.54) is 11.1 Å². The quantitative estimate of drug-likeness (QED) is 0.385.